The number of hydrogen-bond donors (Lipinski definition) is 1. The zero-order valence-corrected chi connectivity index (χ0v) is 10.5. The molecule has 0 saturated heterocycles. The first-order chi connectivity index (χ1) is 6.63. The van der Waals surface area contributed by atoms with Gasteiger partial charge in [-0.3, -0.25) is 4.79 Å². The van der Waals surface area contributed by atoms with Crippen LogP contribution < -0.4 is 5.73 Å². The summed E-state index contributed by atoms with van der Waals surface area (Å²) in [6, 6.07) is 3.74. The molecule has 0 radical (unpaired) electrons. The SMILES string of the molecule is CCOC(=O)C[C@H](N)c1ccc(C)s1.Cl. The van der Waals surface area contributed by atoms with Crippen LogP contribution in [0, 0.1) is 6.92 Å². The Hall–Kier alpha value is -0.580. The number of hydrogen-bond acceptors (Lipinski definition) is 4. The highest BCUT2D eigenvalue weighted by atomic mass is 35.5. The Labute approximate surface area is 100 Å². The number of halogens is 1. The number of aryl methyl sites for hydroxylation is 1. The van der Waals surface area contributed by atoms with E-state index in [0.29, 0.717) is 6.61 Å². The van der Waals surface area contributed by atoms with E-state index in [-0.39, 0.29) is 30.8 Å². The molecule has 0 aliphatic rings. The minimum atomic E-state index is -0.231. The van der Waals surface area contributed by atoms with Crippen molar-refractivity contribution in [3.05, 3.63) is 21.9 Å². The predicted octanol–water partition coefficient (Wildman–Crippen LogP) is 2.43. The maximum absolute atomic E-state index is 11.1. The van der Waals surface area contributed by atoms with Crippen LogP contribution in [0.3, 0.4) is 0 Å². The molecule has 0 fully saturated rings. The fourth-order valence-corrected chi connectivity index (χ4v) is 2.03. The van der Waals surface area contributed by atoms with Gasteiger partial charge in [0, 0.05) is 15.8 Å². The maximum atomic E-state index is 11.1. The van der Waals surface area contributed by atoms with Crippen LogP contribution in [0.4, 0.5) is 0 Å². The van der Waals surface area contributed by atoms with Crippen LogP contribution >= 0.6 is 23.7 Å². The second kappa shape index (κ2) is 6.82. The van der Waals surface area contributed by atoms with Crippen molar-refractivity contribution in [1.29, 1.82) is 0 Å². The Morgan fingerprint density at radius 3 is 2.73 bits per heavy atom. The first-order valence-corrected chi connectivity index (χ1v) is 5.42. The van der Waals surface area contributed by atoms with Crippen LogP contribution in [0.1, 0.15) is 29.1 Å². The number of carbonyl (C=O) groups excluding carboxylic acids is 1. The van der Waals surface area contributed by atoms with E-state index in [1.165, 1.54) is 4.88 Å². The van der Waals surface area contributed by atoms with Crippen LogP contribution in [-0.2, 0) is 9.53 Å². The fraction of sp³-hybridized carbons (Fsp3) is 0.500. The molecular formula is C10H16ClNO2S. The lowest BCUT2D eigenvalue weighted by molar-refractivity contribution is -0.143. The second-order valence-corrected chi connectivity index (χ2v) is 4.38. The molecule has 0 aliphatic carbocycles. The highest BCUT2D eigenvalue weighted by Gasteiger charge is 2.13. The minimum Gasteiger partial charge on any atom is -0.466 e. The van der Waals surface area contributed by atoms with Gasteiger partial charge in [0.15, 0.2) is 0 Å². The third-order valence-electron chi connectivity index (χ3n) is 1.82. The molecule has 3 nitrogen and oxygen atoms in total. The summed E-state index contributed by atoms with van der Waals surface area (Å²) in [4.78, 5) is 13.4. The van der Waals surface area contributed by atoms with Gasteiger partial charge in [0.25, 0.3) is 0 Å². The van der Waals surface area contributed by atoms with Gasteiger partial charge >= 0.3 is 5.97 Å². The number of ether oxygens (including phenoxy) is 1. The first kappa shape index (κ1) is 14.4. The summed E-state index contributed by atoms with van der Waals surface area (Å²) >= 11 is 1.62. The van der Waals surface area contributed by atoms with Crippen LogP contribution in [-0.4, -0.2) is 12.6 Å². The highest BCUT2D eigenvalue weighted by Crippen LogP contribution is 2.23. The van der Waals surface area contributed by atoms with Crippen molar-refractivity contribution < 1.29 is 9.53 Å². The zero-order chi connectivity index (χ0) is 10.6. The molecule has 1 aromatic heterocycles. The largest absolute Gasteiger partial charge is 0.466 e. The standard InChI is InChI=1S/C10H15NO2S.ClH/c1-3-13-10(12)6-8(11)9-5-4-7(2)14-9;/h4-5,8H,3,6,11H2,1-2H3;1H/t8-;/m0./s1. The molecule has 0 bridgehead atoms. The average molecular weight is 250 g/mol. The molecule has 86 valence electrons. The lowest BCUT2D eigenvalue weighted by Gasteiger charge is -2.08. The predicted molar refractivity (Wildman–Crippen MR) is 64.5 cm³/mol. The van der Waals surface area contributed by atoms with Crippen molar-refractivity contribution >= 4 is 29.7 Å². The summed E-state index contributed by atoms with van der Waals surface area (Å²) in [5.41, 5.74) is 5.85. The molecule has 1 atom stereocenters. The fourth-order valence-electron chi connectivity index (χ4n) is 1.15. The minimum absolute atomic E-state index is 0. The third kappa shape index (κ3) is 4.64. The summed E-state index contributed by atoms with van der Waals surface area (Å²) in [5.74, 6) is -0.231. The van der Waals surface area contributed by atoms with E-state index in [0.717, 1.165) is 4.88 Å². The van der Waals surface area contributed by atoms with E-state index in [9.17, 15) is 4.79 Å². The van der Waals surface area contributed by atoms with Crippen molar-refractivity contribution in [3.8, 4) is 0 Å². The molecule has 15 heavy (non-hydrogen) atoms. The molecule has 0 aliphatic heterocycles. The molecule has 0 saturated carbocycles. The monoisotopic (exact) mass is 249 g/mol. The van der Waals surface area contributed by atoms with Gasteiger partial charge < -0.3 is 10.5 Å². The molecule has 1 rings (SSSR count). The quantitative estimate of drug-likeness (QED) is 0.834. The van der Waals surface area contributed by atoms with Crippen molar-refractivity contribution in [2.75, 3.05) is 6.61 Å². The van der Waals surface area contributed by atoms with Crippen molar-refractivity contribution in [1.82, 2.24) is 0 Å². The van der Waals surface area contributed by atoms with E-state index in [1.807, 2.05) is 19.1 Å². The van der Waals surface area contributed by atoms with Gasteiger partial charge in [-0.2, -0.15) is 0 Å². The molecule has 1 aromatic rings. The van der Waals surface area contributed by atoms with Crippen LogP contribution in [0.5, 0.6) is 0 Å². The van der Waals surface area contributed by atoms with E-state index in [4.69, 9.17) is 10.5 Å². The van der Waals surface area contributed by atoms with Gasteiger partial charge in [-0.05, 0) is 26.0 Å². The summed E-state index contributed by atoms with van der Waals surface area (Å²) in [6.07, 6.45) is 0.258. The molecule has 2 N–H and O–H groups in total. The number of esters is 1. The van der Waals surface area contributed by atoms with Gasteiger partial charge in [-0.1, -0.05) is 0 Å². The highest BCUT2D eigenvalue weighted by molar-refractivity contribution is 7.12. The van der Waals surface area contributed by atoms with Crippen molar-refractivity contribution in [2.24, 2.45) is 5.73 Å². The lowest BCUT2D eigenvalue weighted by atomic mass is 10.2. The summed E-state index contributed by atoms with van der Waals surface area (Å²) in [6.45, 7) is 4.22. The van der Waals surface area contributed by atoms with Gasteiger partial charge in [0.05, 0.1) is 13.0 Å². The number of rotatable bonds is 4. The Balaban J connectivity index is 0.00000196. The van der Waals surface area contributed by atoms with E-state index >= 15 is 0 Å². The Kier molecular flexibility index (Phi) is 6.56. The Bertz CT molecular complexity index is 314. The number of thiophene rings is 1. The first-order valence-electron chi connectivity index (χ1n) is 4.61. The van der Waals surface area contributed by atoms with Gasteiger partial charge in [-0.15, -0.1) is 23.7 Å². The van der Waals surface area contributed by atoms with E-state index < -0.39 is 0 Å². The van der Waals surface area contributed by atoms with Crippen molar-refractivity contribution in [2.45, 2.75) is 26.3 Å². The smallest absolute Gasteiger partial charge is 0.307 e. The Morgan fingerprint density at radius 2 is 2.27 bits per heavy atom. The van der Waals surface area contributed by atoms with Crippen LogP contribution in [0.15, 0.2) is 12.1 Å². The number of nitrogens with two attached hydrogens (primary N) is 1. The van der Waals surface area contributed by atoms with E-state index in [2.05, 4.69) is 0 Å². The topological polar surface area (TPSA) is 52.3 Å². The van der Waals surface area contributed by atoms with Gasteiger partial charge in [0.1, 0.15) is 0 Å². The summed E-state index contributed by atoms with van der Waals surface area (Å²) in [7, 11) is 0. The maximum Gasteiger partial charge on any atom is 0.307 e. The summed E-state index contributed by atoms with van der Waals surface area (Å²) in [5, 5.41) is 0. The van der Waals surface area contributed by atoms with E-state index in [1.54, 1.807) is 18.3 Å². The molecule has 0 unspecified atom stereocenters. The summed E-state index contributed by atoms with van der Waals surface area (Å²) < 4.78 is 4.83. The van der Waals surface area contributed by atoms with Crippen molar-refractivity contribution in [3.63, 3.8) is 0 Å². The molecular weight excluding hydrogens is 234 g/mol. The van der Waals surface area contributed by atoms with Gasteiger partial charge in [0.2, 0.25) is 0 Å². The molecule has 0 aromatic carbocycles. The Morgan fingerprint density at radius 1 is 1.60 bits per heavy atom. The zero-order valence-electron chi connectivity index (χ0n) is 8.86. The van der Waals surface area contributed by atoms with Crippen LogP contribution in [0.2, 0.25) is 0 Å². The second-order valence-electron chi connectivity index (χ2n) is 3.06. The average Bonchev–Trinajstić information content (AvgIpc) is 2.52. The normalized spacial score (nSPS) is 11.7. The molecule has 0 spiro atoms. The van der Waals surface area contributed by atoms with Crippen LogP contribution in [0.25, 0.3) is 0 Å². The molecule has 1 heterocycles. The third-order valence-corrected chi connectivity index (χ3v) is 2.95. The van der Waals surface area contributed by atoms with Gasteiger partial charge in [-0.25, -0.2) is 0 Å². The number of carbonyl (C=O) groups is 1. The molecule has 0 amide bonds. The lowest BCUT2D eigenvalue weighted by Crippen LogP contribution is -2.16. The molecule has 5 heteroatoms.